The van der Waals surface area contributed by atoms with Crippen molar-refractivity contribution in [2.75, 3.05) is 17.3 Å². The molecule has 5 nitrogen and oxygen atoms in total. The van der Waals surface area contributed by atoms with Crippen molar-refractivity contribution in [1.82, 2.24) is 0 Å². The lowest BCUT2D eigenvalue weighted by Crippen LogP contribution is -2.26. The Bertz CT molecular complexity index is 1400. The SMILES string of the molecule is CN(C(=O)c1cc(NC(=O)C2C(c3ccc(OC(F)(F)F)c(Cl)c3)C2(Cl)Cl)ccc1Cl)c1ccc(F)cc1. The summed E-state index contributed by atoms with van der Waals surface area (Å²) in [5.41, 5.74) is 1.04. The molecule has 38 heavy (non-hydrogen) atoms. The van der Waals surface area contributed by atoms with Crippen molar-refractivity contribution in [2.45, 2.75) is 16.6 Å². The van der Waals surface area contributed by atoms with Gasteiger partial charge < -0.3 is 15.0 Å². The van der Waals surface area contributed by atoms with Crippen molar-refractivity contribution < 1.29 is 31.9 Å². The van der Waals surface area contributed by atoms with E-state index in [0.29, 0.717) is 11.3 Å². The molecule has 200 valence electrons. The molecular weight excluding hydrogens is 594 g/mol. The van der Waals surface area contributed by atoms with Gasteiger partial charge >= 0.3 is 6.36 Å². The van der Waals surface area contributed by atoms with Crippen LogP contribution in [0.2, 0.25) is 10.0 Å². The van der Waals surface area contributed by atoms with Gasteiger partial charge in [0.2, 0.25) is 5.91 Å². The van der Waals surface area contributed by atoms with Crippen LogP contribution >= 0.6 is 46.4 Å². The lowest BCUT2D eigenvalue weighted by molar-refractivity contribution is -0.274. The Hall–Kier alpha value is -2.72. The maximum Gasteiger partial charge on any atom is 0.573 e. The maximum absolute atomic E-state index is 13.2. The van der Waals surface area contributed by atoms with E-state index in [0.717, 1.165) is 6.07 Å². The summed E-state index contributed by atoms with van der Waals surface area (Å²) < 4.78 is 53.1. The third-order valence-corrected chi connectivity index (χ3v) is 7.42. The summed E-state index contributed by atoms with van der Waals surface area (Å²) in [5, 5.41) is 2.42. The lowest BCUT2D eigenvalue weighted by Gasteiger charge is -2.18. The molecule has 13 heteroatoms. The number of hydrogen-bond acceptors (Lipinski definition) is 3. The average Bonchev–Trinajstić information content (AvgIpc) is 3.42. The number of nitrogens with zero attached hydrogens (tertiary/aromatic N) is 1. The van der Waals surface area contributed by atoms with Crippen LogP contribution in [0.15, 0.2) is 60.7 Å². The van der Waals surface area contributed by atoms with Gasteiger partial charge in [-0.05, 0) is 60.2 Å². The standard InChI is InChI=1S/C25H16Cl4F4N2O3/c1-35(15-6-3-13(30)4-7-15)23(37)16-11-14(5-8-17(16)26)34-22(36)21-20(24(21,28)29)12-2-9-19(18(27)10-12)38-25(31,32)33/h2-11,20-21H,1H3,(H,34,36). The van der Waals surface area contributed by atoms with Gasteiger partial charge in [0.05, 0.1) is 21.5 Å². The van der Waals surface area contributed by atoms with Gasteiger partial charge in [-0.3, -0.25) is 9.59 Å². The smallest absolute Gasteiger partial charge is 0.404 e. The largest absolute Gasteiger partial charge is 0.573 e. The van der Waals surface area contributed by atoms with Crippen molar-refractivity contribution in [1.29, 1.82) is 0 Å². The average molecular weight is 610 g/mol. The second-order valence-electron chi connectivity index (χ2n) is 8.39. The predicted molar refractivity (Wildman–Crippen MR) is 138 cm³/mol. The Labute approximate surface area is 234 Å². The summed E-state index contributed by atoms with van der Waals surface area (Å²) in [6, 6.07) is 13.0. The first kappa shape index (κ1) is 28.3. The first-order chi connectivity index (χ1) is 17.7. The Kier molecular flexibility index (Phi) is 7.78. The minimum Gasteiger partial charge on any atom is -0.404 e. The number of ether oxygens (including phenoxy) is 1. The van der Waals surface area contributed by atoms with Crippen LogP contribution in [0.1, 0.15) is 21.8 Å². The summed E-state index contributed by atoms with van der Waals surface area (Å²) in [5.74, 6) is -3.93. The zero-order chi connectivity index (χ0) is 28.0. The molecule has 0 bridgehead atoms. The summed E-state index contributed by atoms with van der Waals surface area (Å²) in [6.45, 7) is 0. The van der Waals surface area contributed by atoms with E-state index >= 15 is 0 Å². The molecule has 3 aromatic carbocycles. The van der Waals surface area contributed by atoms with Gasteiger partial charge in [-0.15, -0.1) is 36.4 Å². The minimum absolute atomic E-state index is 0.0682. The fourth-order valence-electron chi connectivity index (χ4n) is 3.94. The van der Waals surface area contributed by atoms with E-state index in [2.05, 4.69) is 10.1 Å². The highest BCUT2D eigenvalue weighted by atomic mass is 35.5. The van der Waals surface area contributed by atoms with Crippen LogP contribution < -0.4 is 15.0 Å². The summed E-state index contributed by atoms with van der Waals surface area (Å²) in [6.07, 6.45) is -4.93. The third-order valence-electron chi connectivity index (χ3n) is 5.86. The van der Waals surface area contributed by atoms with E-state index < -0.39 is 45.9 Å². The van der Waals surface area contributed by atoms with Gasteiger partial charge in [0.25, 0.3) is 5.91 Å². The van der Waals surface area contributed by atoms with Crippen LogP contribution in [0.5, 0.6) is 5.75 Å². The number of halogens is 8. The molecular formula is C25H16Cl4F4N2O3. The molecule has 2 atom stereocenters. The summed E-state index contributed by atoms with van der Waals surface area (Å²) in [7, 11) is 1.48. The van der Waals surface area contributed by atoms with E-state index in [4.69, 9.17) is 46.4 Å². The number of amides is 2. The maximum atomic E-state index is 13.2. The number of carbonyl (C=O) groups is 2. The van der Waals surface area contributed by atoms with Gasteiger partial charge in [0.1, 0.15) is 15.9 Å². The topological polar surface area (TPSA) is 58.6 Å². The lowest BCUT2D eigenvalue weighted by atomic mass is 10.1. The number of rotatable bonds is 6. The van der Waals surface area contributed by atoms with Crippen molar-refractivity contribution in [3.05, 3.63) is 87.7 Å². The van der Waals surface area contributed by atoms with E-state index in [1.165, 1.54) is 66.5 Å². The molecule has 1 aliphatic carbocycles. The number of alkyl halides is 5. The highest BCUT2D eigenvalue weighted by Gasteiger charge is 2.67. The Balaban J connectivity index is 1.50. The zero-order valence-electron chi connectivity index (χ0n) is 19.1. The second kappa shape index (κ2) is 10.4. The first-order valence-corrected chi connectivity index (χ1v) is 12.3. The van der Waals surface area contributed by atoms with Gasteiger partial charge in [-0.1, -0.05) is 29.3 Å². The zero-order valence-corrected chi connectivity index (χ0v) is 22.1. The minimum atomic E-state index is -4.93. The molecule has 0 heterocycles. The molecule has 1 saturated carbocycles. The van der Waals surface area contributed by atoms with Crippen LogP contribution in [0.25, 0.3) is 0 Å². The van der Waals surface area contributed by atoms with Gasteiger partial charge in [0, 0.05) is 24.3 Å². The molecule has 1 aliphatic rings. The predicted octanol–water partition coefficient (Wildman–Crippen LogP) is 7.83. The quantitative estimate of drug-likeness (QED) is 0.229. The van der Waals surface area contributed by atoms with Crippen LogP contribution in [-0.2, 0) is 4.79 Å². The van der Waals surface area contributed by atoms with Crippen molar-refractivity contribution in [2.24, 2.45) is 5.92 Å². The van der Waals surface area contributed by atoms with Gasteiger partial charge in [-0.25, -0.2) is 4.39 Å². The Morgan fingerprint density at radius 3 is 2.24 bits per heavy atom. The summed E-state index contributed by atoms with van der Waals surface area (Å²) >= 11 is 24.8. The molecule has 1 fully saturated rings. The molecule has 2 unspecified atom stereocenters. The fraction of sp³-hybridized carbons (Fsp3) is 0.200. The van der Waals surface area contributed by atoms with Crippen molar-refractivity contribution in [3.8, 4) is 5.75 Å². The molecule has 1 N–H and O–H groups in total. The number of benzene rings is 3. The fourth-order valence-corrected chi connectivity index (χ4v) is 5.19. The van der Waals surface area contributed by atoms with E-state index in [1.807, 2.05) is 0 Å². The number of anilines is 2. The Morgan fingerprint density at radius 1 is 0.974 bits per heavy atom. The van der Waals surface area contributed by atoms with Crippen LogP contribution in [-0.4, -0.2) is 29.6 Å². The molecule has 0 spiro atoms. The molecule has 2 amide bonds. The highest BCUT2D eigenvalue weighted by Crippen LogP contribution is 2.65. The van der Waals surface area contributed by atoms with E-state index in [1.54, 1.807) is 0 Å². The molecule has 0 radical (unpaired) electrons. The summed E-state index contributed by atoms with van der Waals surface area (Å²) in [4.78, 5) is 27.3. The third kappa shape index (κ3) is 5.96. The normalized spacial score (nSPS) is 18.0. The van der Waals surface area contributed by atoms with Crippen molar-refractivity contribution in [3.63, 3.8) is 0 Å². The first-order valence-electron chi connectivity index (χ1n) is 10.8. The van der Waals surface area contributed by atoms with Crippen molar-refractivity contribution >= 4 is 69.6 Å². The van der Waals surface area contributed by atoms with Crippen LogP contribution in [0.4, 0.5) is 28.9 Å². The monoisotopic (exact) mass is 608 g/mol. The number of nitrogens with one attached hydrogen (secondary N) is 1. The molecule has 3 aromatic rings. The Morgan fingerprint density at radius 2 is 1.63 bits per heavy atom. The molecule has 4 rings (SSSR count). The van der Waals surface area contributed by atoms with E-state index in [-0.39, 0.29) is 21.3 Å². The van der Waals surface area contributed by atoms with Crippen LogP contribution in [0.3, 0.4) is 0 Å². The highest BCUT2D eigenvalue weighted by molar-refractivity contribution is 6.53. The molecule has 0 aliphatic heterocycles. The molecule has 0 aromatic heterocycles. The van der Waals surface area contributed by atoms with Gasteiger partial charge in [-0.2, -0.15) is 0 Å². The van der Waals surface area contributed by atoms with E-state index in [9.17, 15) is 27.2 Å². The second-order valence-corrected chi connectivity index (χ2v) is 10.7. The number of hydrogen-bond donors (Lipinski definition) is 1. The van der Waals surface area contributed by atoms with Crippen LogP contribution in [0, 0.1) is 11.7 Å². The van der Waals surface area contributed by atoms with Gasteiger partial charge in [0.15, 0.2) is 0 Å². The molecule has 0 saturated heterocycles. The number of carbonyl (C=O) groups excluding carboxylic acids is 2.